The maximum Gasteiger partial charge on any atom is 0.321 e. The zero-order valence-corrected chi connectivity index (χ0v) is 13.3. The fourth-order valence-corrected chi connectivity index (χ4v) is 2.77. The van der Waals surface area contributed by atoms with Crippen LogP contribution in [0.15, 0.2) is 78.5 Å². The van der Waals surface area contributed by atoms with Gasteiger partial charge in [0.05, 0.1) is 0 Å². The fourth-order valence-electron chi connectivity index (χ4n) is 2.77. The van der Waals surface area contributed by atoms with Gasteiger partial charge in [0, 0.05) is 11.4 Å². The quantitative estimate of drug-likeness (QED) is 0.670. The van der Waals surface area contributed by atoms with E-state index in [4.69, 9.17) is 16.2 Å². The lowest BCUT2D eigenvalue weighted by atomic mass is 9.75. The molecule has 24 heavy (non-hydrogen) atoms. The molecule has 4 N–H and O–H groups in total. The predicted octanol–water partition coefficient (Wildman–Crippen LogP) is 3.05. The van der Waals surface area contributed by atoms with Crippen LogP contribution in [-0.4, -0.2) is 5.97 Å². The van der Waals surface area contributed by atoms with Crippen LogP contribution in [0.2, 0.25) is 0 Å². The highest BCUT2D eigenvalue weighted by Crippen LogP contribution is 2.35. The number of carbonyl (C=O) groups is 1. The summed E-state index contributed by atoms with van der Waals surface area (Å²) < 4.78 is 5.60. The molecule has 0 saturated carbocycles. The molecule has 1 atom stereocenters. The Kier molecular flexibility index (Phi) is 4.38. The Morgan fingerprint density at radius 3 is 2.38 bits per heavy atom. The number of ether oxygens (including phenoxy) is 1. The molecule has 0 fully saturated rings. The Hall–Kier alpha value is -3.01. The number of benzene rings is 2. The number of hydrogen-bond donors (Lipinski definition) is 2. The van der Waals surface area contributed by atoms with E-state index in [0.717, 1.165) is 11.1 Å². The molecule has 122 valence electrons. The van der Waals surface area contributed by atoms with Gasteiger partial charge in [0.1, 0.15) is 12.0 Å². The second-order valence-corrected chi connectivity index (χ2v) is 5.90. The molecule has 1 aliphatic carbocycles. The van der Waals surface area contributed by atoms with Gasteiger partial charge in [-0.25, -0.2) is 0 Å². The number of nitrogen functional groups attached to an aromatic ring is 1. The maximum atomic E-state index is 12.9. The second kappa shape index (κ2) is 6.62. The van der Waals surface area contributed by atoms with Crippen LogP contribution in [0, 0.1) is 0 Å². The zero-order chi connectivity index (χ0) is 17.0. The van der Waals surface area contributed by atoms with Gasteiger partial charge in [-0.1, -0.05) is 54.6 Å². The maximum absolute atomic E-state index is 12.9. The van der Waals surface area contributed by atoms with Crippen LogP contribution in [0.5, 0.6) is 0 Å². The Bertz CT molecular complexity index is 779. The lowest BCUT2D eigenvalue weighted by Crippen LogP contribution is -2.36. The van der Waals surface area contributed by atoms with Gasteiger partial charge < -0.3 is 16.2 Å². The molecule has 1 unspecified atom stereocenters. The van der Waals surface area contributed by atoms with E-state index < -0.39 is 5.41 Å². The van der Waals surface area contributed by atoms with E-state index in [0.29, 0.717) is 17.8 Å². The molecule has 4 nitrogen and oxygen atoms in total. The van der Waals surface area contributed by atoms with Gasteiger partial charge in [-0.05, 0) is 35.8 Å². The van der Waals surface area contributed by atoms with E-state index in [1.807, 2.05) is 54.6 Å². The Morgan fingerprint density at radius 1 is 1.04 bits per heavy atom. The van der Waals surface area contributed by atoms with Crippen LogP contribution in [0.3, 0.4) is 0 Å². The minimum atomic E-state index is -0.870. The van der Waals surface area contributed by atoms with Gasteiger partial charge >= 0.3 is 5.97 Å². The molecule has 0 bridgehead atoms. The van der Waals surface area contributed by atoms with Crippen LogP contribution in [0.25, 0.3) is 0 Å². The summed E-state index contributed by atoms with van der Waals surface area (Å²) in [5.41, 5.74) is 13.8. The van der Waals surface area contributed by atoms with E-state index in [9.17, 15) is 4.79 Å². The molecule has 2 aromatic rings. The van der Waals surface area contributed by atoms with E-state index >= 15 is 0 Å². The number of allylic oxidation sites excluding steroid dienone is 2. The molecular formula is C20H20N2O2. The van der Waals surface area contributed by atoms with Crippen LogP contribution in [0.1, 0.15) is 17.5 Å². The van der Waals surface area contributed by atoms with Crippen molar-refractivity contribution in [3.8, 4) is 0 Å². The standard InChI is InChI=1S/C20H20N2O2/c21-17-8-6-16(7-9-17)20(12-10-18(22)11-13-20)19(23)24-14-15-4-2-1-3-5-15/h1-12H,13-14,21-22H2. The first-order chi connectivity index (χ1) is 11.6. The van der Waals surface area contributed by atoms with E-state index in [1.54, 1.807) is 18.2 Å². The molecule has 0 aromatic heterocycles. The lowest BCUT2D eigenvalue weighted by molar-refractivity contribution is -0.150. The first-order valence-corrected chi connectivity index (χ1v) is 7.82. The minimum Gasteiger partial charge on any atom is -0.460 e. The smallest absolute Gasteiger partial charge is 0.321 e. The molecule has 0 aliphatic heterocycles. The largest absolute Gasteiger partial charge is 0.460 e. The number of anilines is 1. The third-order valence-electron chi connectivity index (χ3n) is 4.22. The zero-order valence-electron chi connectivity index (χ0n) is 13.3. The molecule has 0 spiro atoms. The topological polar surface area (TPSA) is 78.3 Å². The first kappa shape index (κ1) is 15.9. The summed E-state index contributed by atoms with van der Waals surface area (Å²) in [4.78, 5) is 12.9. The van der Waals surface area contributed by atoms with Gasteiger partial charge in [0.25, 0.3) is 0 Å². The molecule has 1 aliphatic rings. The van der Waals surface area contributed by atoms with Crippen molar-refractivity contribution in [3.63, 3.8) is 0 Å². The normalized spacial score (nSPS) is 19.6. The summed E-state index contributed by atoms with van der Waals surface area (Å²) in [5.74, 6) is -0.295. The highest BCUT2D eigenvalue weighted by molar-refractivity contribution is 5.87. The van der Waals surface area contributed by atoms with Gasteiger partial charge in [0.2, 0.25) is 0 Å². The average molecular weight is 320 g/mol. The van der Waals surface area contributed by atoms with Gasteiger partial charge in [-0.3, -0.25) is 4.79 Å². The molecule has 3 rings (SSSR count). The fraction of sp³-hybridized carbons (Fsp3) is 0.150. The monoisotopic (exact) mass is 320 g/mol. The predicted molar refractivity (Wildman–Crippen MR) is 94.8 cm³/mol. The average Bonchev–Trinajstić information content (AvgIpc) is 2.62. The number of hydrogen-bond acceptors (Lipinski definition) is 4. The van der Waals surface area contributed by atoms with Crippen LogP contribution >= 0.6 is 0 Å². The third kappa shape index (κ3) is 3.18. The lowest BCUT2D eigenvalue weighted by Gasteiger charge is -2.30. The van der Waals surface area contributed by atoms with Crippen molar-refractivity contribution in [2.75, 3.05) is 5.73 Å². The molecule has 0 saturated heterocycles. The Balaban J connectivity index is 1.86. The minimum absolute atomic E-state index is 0.240. The van der Waals surface area contributed by atoms with Gasteiger partial charge in [-0.2, -0.15) is 0 Å². The highest BCUT2D eigenvalue weighted by atomic mass is 16.5. The number of nitrogens with two attached hydrogens (primary N) is 2. The summed E-state index contributed by atoms with van der Waals surface area (Å²) >= 11 is 0. The molecular weight excluding hydrogens is 300 g/mol. The van der Waals surface area contributed by atoms with Crippen molar-refractivity contribution in [2.24, 2.45) is 5.73 Å². The molecule has 0 radical (unpaired) electrons. The molecule has 4 heteroatoms. The van der Waals surface area contributed by atoms with Crippen molar-refractivity contribution in [2.45, 2.75) is 18.4 Å². The number of esters is 1. The summed E-state index contributed by atoms with van der Waals surface area (Å²) in [6.07, 6.45) is 5.89. The second-order valence-electron chi connectivity index (χ2n) is 5.90. The summed E-state index contributed by atoms with van der Waals surface area (Å²) in [7, 11) is 0. The highest BCUT2D eigenvalue weighted by Gasteiger charge is 2.39. The van der Waals surface area contributed by atoms with E-state index in [2.05, 4.69) is 0 Å². The number of carbonyl (C=O) groups excluding carboxylic acids is 1. The van der Waals surface area contributed by atoms with Crippen molar-refractivity contribution in [1.29, 1.82) is 0 Å². The molecule has 0 amide bonds. The molecule has 2 aromatic carbocycles. The van der Waals surface area contributed by atoms with Crippen molar-refractivity contribution < 1.29 is 9.53 Å². The first-order valence-electron chi connectivity index (χ1n) is 7.82. The van der Waals surface area contributed by atoms with Crippen LogP contribution in [-0.2, 0) is 21.6 Å². The van der Waals surface area contributed by atoms with Gasteiger partial charge in [-0.15, -0.1) is 0 Å². The van der Waals surface area contributed by atoms with Crippen molar-refractivity contribution in [3.05, 3.63) is 89.6 Å². The molecule has 0 heterocycles. The van der Waals surface area contributed by atoms with E-state index in [1.165, 1.54) is 0 Å². The van der Waals surface area contributed by atoms with Crippen molar-refractivity contribution in [1.82, 2.24) is 0 Å². The van der Waals surface area contributed by atoms with Crippen LogP contribution < -0.4 is 11.5 Å². The van der Waals surface area contributed by atoms with Gasteiger partial charge in [0.15, 0.2) is 0 Å². The Labute approximate surface area is 141 Å². The van der Waals surface area contributed by atoms with Crippen molar-refractivity contribution >= 4 is 11.7 Å². The summed E-state index contributed by atoms with van der Waals surface area (Å²) in [6, 6.07) is 16.9. The Morgan fingerprint density at radius 2 is 1.75 bits per heavy atom. The SMILES string of the molecule is NC1=CCC(C(=O)OCc2ccccc2)(c2ccc(N)cc2)C=C1. The summed E-state index contributed by atoms with van der Waals surface area (Å²) in [5, 5.41) is 0. The van der Waals surface area contributed by atoms with Crippen LogP contribution in [0.4, 0.5) is 5.69 Å². The van der Waals surface area contributed by atoms with E-state index in [-0.39, 0.29) is 12.6 Å². The number of rotatable bonds is 4. The third-order valence-corrected chi connectivity index (χ3v) is 4.22. The summed E-state index contributed by atoms with van der Waals surface area (Å²) in [6.45, 7) is 0.240.